The van der Waals surface area contributed by atoms with Crippen molar-refractivity contribution in [3.8, 4) is 28.8 Å². The van der Waals surface area contributed by atoms with E-state index in [9.17, 15) is 4.79 Å². The minimum absolute atomic E-state index is 0.0765. The third-order valence-corrected chi connectivity index (χ3v) is 4.66. The summed E-state index contributed by atoms with van der Waals surface area (Å²) in [4.78, 5) is 17.3. The van der Waals surface area contributed by atoms with Crippen LogP contribution in [0, 0.1) is 0 Å². The normalized spacial score (nSPS) is 11.2. The minimum atomic E-state index is -0.667. The van der Waals surface area contributed by atoms with Gasteiger partial charge in [-0.2, -0.15) is 4.68 Å². The molecular formula is C25H17N5O4. The first kappa shape index (κ1) is 20.8. The second kappa shape index (κ2) is 9.61. The van der Waals surface area contributed by atoms with Crippen molar-refractivity contribution in [3.63, 3.8) is 0 Å². The minimum Gasteiger partial charge on any atom is -0.465 e. The lowest BCUT2D eigenvalue weighted by molar-refractivity contribution is -0.128. The molecule has 0 atom stereocenters. The smallest absolute Gasteiger partial charge is 0.362 e. The Kier molecular flexibility index (Phi) is 5.89. The number of furan rings is 1. The van der Waals surface area contributed by atoms with Crippen LogP contribution in [0.25, 0.3) is 23.2 Å². The molecule has 2 aromatic carbocycles. The first-order chi connectivity index (χ1) is 16.8. The number of rotatable bonds is 7. The summed E-state index contributed by atoms with van der Waals surface area (Å²) in [6, 6.07) is 24.7. The van der Waals surface area contributed by atoms with Crippen molar-refractivity contribution in [2.45, 2.75) is 0 Å². The maximum atomic E-state index is 13.2. The number of pyridine rings is 1. The van der Waals surface area contributed by atoms with Gasteiger partial charge in [0.1, 0.15) is 17.3 Å². The Hall–Kier alpha value is -5.05. The highest BCUT2D eigenvalue weighted by Gasteiger charge is 2.22. The summed E-state index contributed by atoms with van der Waals surface area (Å²) in [6.07, 6.45) is 4.66. The lowest BCUT2D eigenvalue weighted by Crippen LogP contribution is -2.17. The molecular weight excluding hydrogens is 434 g/mol. The predicted molar refractivity (Wildman–Crippen MR) is 123 cm³/mol. The van der Waals surface area contributed by atoms with E-state index in [-0.39, 0.29) is 5.70 Å². The fourth-order valence-corrected chi connectivity index (χ4v) is 3.09. The Bertz CT molecular complexity index is 1400. The van der Waals surface area contributed by atoms with Gasteiger partial charge in [-0.1, -0.05) is 36.4 Å². The summed E-state index contributed by atoms with van der Waals surface area (Å²) in [5.74, 6) is 1.49. The molecule has 0 spiro atoms. The highest BCUT2D eigenvalue weighted by Crippen LogP contribution is 2.25. The first-order valence-corrected chi connectivity index (χ1v) is 10.3. The molecule has 9 heteroatoms. The zero-order valence-corrected chi connectivity index (χ0v) is 17.7. The number of carbonyl (C=O) groups excluding carboxylic acids is 1. The van der Waals surface area contributed by atoms with Crippen LogP contribution in [-0.4, -0.2) is 31.2 Å². The molecule has 0 fully saturated rings. The van der Waals surface area contributed by atoms with Crippen LogP contribution in [0.5, 0.6) is 17.4 Å². The zero-order chi connectivity index (χ0) is 23.2. The molecule has 0 N–H and O–H groups in total. The van der Waals surface area contributed by atoms with Crippen molar-refractivity contribution in [1.82, 2.24) is 25.2 Å². The van der Waals surface area contributed by atoms with Crippen molar-refractivity contribution in [3.05, 3.63) is 103 Å². The number of tetrazole rings is 1. The molecule has 5 rings (SSSR count). The monoisotopic (exact) mass is 451 g/mol. The number of ether oxygens (including phenoxy) is 2. The number of nitrogens with zero attached hydrogens (tertiary/aromatic N) is 5. The van der Waals surface area contributed by atoms with Gasteiger partial charge in [0.15, 0.2) is 11.5 Å². The summed E-state index contributed by atoms with van der Waals surface area (Å²) in [5.41, 5.74) is 0.814. The maximum Gasteiger partial charge on any atom is 0.362 e. The van der Waals surface area contributed by atoms with Crippen LogP contribution >= 0.6 is 0 Å². The number of aromatic nitrogens is 5. The van der Waals surface area contributed by atoms with Gasteiger partial charge in [-0.05, 0) is 52.9 Å². The van der Waals surface area contributed by atoms with Gasteiger partial charge in [0, 0.05) is 23.9 Å². The van der Waals surface area contributed by atoms with E-state index in [1.807, 2.05) is 36.4 Å². The van der Waals surface area contributed by atoms with Gasteiger partial charge in [0.05, 0.1) is 6.26 Å². The standard InChI is InChI=1S/C25H17N5O4/c31-25(34-20-13-11-19(12-14-20)33-23-10-4-5-15-26-23)22(17-21-9-6-16-32-21)30-24(27-28-29-30)18-7-2-1-3-8-18/h1-17H/b22-17+. The second-order valence-electron chi connectivity index (χ2n) is 6.96. The van der Waals surface area contributed by atoms with E-state index in [2.05, 4.69) is 20.5 Å². The van der Waals surface area contributed by atoms with Crippen molar-refractivity contribution in [2.24, 2.45) is 0 Å². The maximum absolute atomic E-state index is 13.2. The largest absolute Gasteiger partial charge is 0.465 e. The number of carbonyl (C=O) groups is 1. The fraction of sp³-hybridized carbons (Fsp3) is 0. The molecule has 0 aliphatic rings. The van der Waals surface area contributed by atoms with Gasteiger partial charge in [-0.25, -0.2) is 9.78 Å². The number of hydrogen-bond acceptors (Lipinski definition) is 8. The quantitative estimate of drug-likeness (QED) is 0.199. The lowest BCUT2D eigenvalue weighted by Gasteiger charge is -2.10. The molecule has 0 unspecified atom stereocenters. The van der Waals surface area contributed by atoms with Crippen molar-refractivity contribution < 1.29 is 18.7 Å². The zero-order valence-electron chi connectivity index (χ0n) is 17.7. The summed E-state index contributed by atoms with van der Waals surface area (Å²) in [6.45, 7) is 0. The van der Waals surface area contributed by atoms with Crippen molar-refractivity contribution in [2.75, 3.05) is 0 Å². The molecule has 0 aliphatic carbocycles. The van der Waals surface area contributed by atoms with Crippen LogP contribution < -0.4 is 9.47 Å². The van der Waals surface area contributed by atoms with Crippen molar-refractivity contribution >= 4 is 17.7 Å². The molecule has 34 heavy (non-hydrogen) atoms. The Balaban J connectivity index is 1.41. The average Bonchev–Trinajstić information content (AvgIpc) is 3.57. The van der Waals surface area contributed by atoms with Gasteiger partial charge < -0.3 is 13.9 Å². The molecule has 5 aromatic rings. The number of benzene rings is 2. The van der Waals surface area contributed by atoms with Gasteiger partial charge in [-0.3, -0.25) is 0 Å². The second-order valence-corrected chi connectivity index (χ2v) is 6.96. The first-order valence-electron chi connectivity index (χ1n) is 10.3. The van der Waals surface area contributed by atoms with E-state index < -0.39 is 5.97 Å². The third-order valence-electron chi connectivity index (χ3n) is 4.66. The molecule has 0 radical (unpaired) electrons. The van der Waals surface area contributed by atoms with Crippen LogP contribution in [0.4, 0.5) is 0 Å². The van der Waals surface area contributed by atoms with Crippen LogP contribution in [-0.2, 0) is 4.79 Å². The molecule has 166 valence electrons. The fourth-order valence-electron chi connectivity index (χ4n) is 3.09. The van der Waals surface area contributed by atoms with E-state index in [1.54, 1.807) is 54.7 Å². The van der Waals surface area contributed by atoms with Gasteiger partial charge in [0.25, 0.3) is 0 Å². The molecule has 0 amide bonds. The van der Waals surface area contributed by atoms with Crippen LogP contribution in [0.15, 0.2) is 102 Å². The van der Waals surface area contributed by atoms with Gasteiger partial charge in [0.2, 0.25) is 5.88 Å². The topological polar surface area (TPSA) is 105 Å². The van der Waals surface area contributed by atoms with E-state index in [1.165, 1.54) is 17.0 Å². The third kappa shape index (κ3) is 4.73. The predicted octanol–water partition coefficient (Wildman–Crippen LogP) is 4.72. The molecule has 0 aliphatic heterocycles. The number of hydrogen-bond donors (Lipinski definition) is 0. The Morgan fingerprint density at radius 2 is 1.68 bits per heavy atom. The highest BCUT2D eigenvalue weighted by molar-refractivity contribution is 6.16. The average molecular weight is 451 g/mol. The summed E-state index contributed by atoms with van der Waals surface area (Å²) < 4.78 is 18.0. The molecule has 0 bridgehead atoms. The molecule has 3 aromatic heterocycles. The Morgan fingerprint density at radius 3 is 2.41 bits per heavy atom. The van der Waals surface area contributed by atoms with Crippen molar-refractivity contribution in [1.29, 1.82) is 0 Å². The molecule has 9 nitrogen and oxygen atoms in total. The Morgan fingerprint density at radius 1 is 0.882 bits per heavy atom. The Labute approximate surface area is 193 Å². The summed E-state index contributed by atoms with van der Waals surface area (Å²) >= 11 is 0. The summed E-state index contributed by atoms with van der Waals surface area (Å²) in [7, 11) is 0. The summed E-state index contributed by atoms with van der Waals surface area (Å²) in [5, 5.41) is 11.8. The molecule has 0 saturated carbocycles. The van der Waals surface area contributed by atoms with E-state index in [4.69, 9.17) is 13.9 Å². The SMILES string of the molecule is O=C(Oc1ccc(Oc2ccccn2)cc1)/C(=C\c1ccco1)n1nnnc1-c1ccccc1. The molecule has 3 heterocycles. The van der Waals surface area contributed by atoms with Crippen LogP contribution in [0.2, 0.25) is 0 Å². The van der Waals surface area contributed by atoms with E-state index in [0.29, 0.717) is 29.0 Å². The molecule has 0 saturated heterocycles. The van der Waals surface area contributed by atoms with Crippen LogP contribution in [0.1, 0.15) is 5.76 Å². The lowest BCUT2D eigenvalue weighted by atomic mass is 10.2. The highest BCUT2D eigenvalue weighted by atomic mass is 16.5. The van der Waals surface area contributed by atoms with Gasteiger partial charge in [-0.15, -0.1) is 5.10 Å². The van der Waals surface area contributed by atoms with E-state index in [0.717, 1.165) is 5.56 Å². The number of esters is 1. The van der Waals surface area contributed by atoms with Gasteiger partial charge >= 0.3 is 5.97 Å². The van der Waals surface area contributed by atoms with Crippen LogP contribution in [0.3, 0.4) is 0 Å². The van der Waals surface area contributed by atoms with E-state index >= 15 is 0 Å².